The minimum absolute atomic E-state index is 0.554. The zero-order valence-corrected chi connectivity index (χ0v) is 14.5. The van der Waals surface area contributed by atoms with Gasteiger partial charge in [0.05, 0.1) is 10.8 Å². The average molecular weight is 355 g/mol. The summed E-state index contributed by atoms with van der Waals surface area (Å²) in [6.45, 7) is 0. The zero-order valence-electron chi connectivity index (χ0n) is 11.3. The molecule has 0 amide bonds. The van der Waals surface area contributed by atoms with Gasteiger partial charge in [-0.25, -0.2) is 0 Å². The van der Waals surface area contributed by atoms with E-state index in [1.54, 1.807) is 21.6 Å². The summed E-state index contributed by atoms with van der Waals surface area (Å²) in [5.41, 5.74) is 1.25. The van der Waals surface area contributed by atoms with E-state index in [2.05, 4.69) is 0 Å². The molecule has 1 nitrogen and oxygen atoms in total. The van der Waals surface area contributed by atoms with Crippen molar-refractivity contribution in [3.05, 3.63) is 76.7 Å². The second-order valence-corrected chi connectivity index (χ2v) is 8.39. The number of halogens is 1. The van der Waals surface area contributed by atoms with Crippen LogP contribution in [0.2, 0.25) is 5.02 Å². The van der Waals surface area contributed by atoms with Crippen molar-refractivity contribution in [2.24, 2.45) is 0 Å². The molecule has 0 radical (unpaired) electrons. The highest BCUT2D eigenvalue weighted by molar-refractivity contribution is 8.77. The second-order valence-electron chi connectivity index (χ2n) is 4.18. The monoisotopic (exact) mass is 354 g/mol. The maximum atomic E-state index is 12.0. The van der Waals surface area contributed by atoms with Gasteiger partial charge in [0, 0.05) is 21.4 Å². The smallest absolute Gasteiger partial charge is 0.0568 e. The van der Waals surface area contributed by atoms with Crippen LogP contribution >= 0.6 is 33.2 Å². The van der Waals surface area contributed by atoms with Crippen molar-refractivity contribution in [3.8, 4) is 0 Å². The summed E-state index contributed by atoms with van der Waals surface area (Å²) in [5, 5.41) is 2.77. The molecule has 21 heavy (non-hydrogen) atoms. The first-order valence-electron chi connectivity index (χ1n) is 6.37. The molecule has 1 atom stereocenters. The first-order chi connectivity index (χ1) is 10.3. The highest BCUT2D eigenvalue weighted by Gasteiger charge is 1.99. The number of hydrogen-bond donors (Lipinski definition) is 0. The average Bonchev–Trinajstić information content (AvgIpc) is 2.53. The van der Waals surface area contributed by atoms with Gasteiger partial charge in [-0.2, -0.15) is 0 Å². The fourth-order valence-electron chi connectivity index (χ4n) is 1.56. The Kier molecular flexibility index (Phi) is 7.44. The Bertz CT molecular complexity index is 597. The molecule has 0 aliphatic carbocycles. The fraction of sp³-hybridized carbons (Fsp3) is 0.125. The van der Waals surface area contributed by atoms with Crippen molar-refractivity contribution >= 4 is 44.0 Å². The Morgan fingerprint density at radius 1 is 1.05 bits per heavy atom. The molecular weight excluding hydrogens is 340 g/mol. The Hall–Kier alpha value is -0.680. The standard InChI is InChI=1S/C16H15ClOS3/c17-15-9-7-14(8-10-15)13-20-19-11-4-12-21(18)16-5-2-1-3-6-16/h1-11H,12-13H2/b11-4-. The molecule has 0 N–H and O–H groups in total. The lowest BCUT2D eigenvalue weighted by molar-refractivity contribution is 0.685. The van der Waals surface area contributed by atoms with E-state index >= 15 is 0 Å². The molecule has 1 unspecified atom stereocenters. The van der Waals surface area contributed by atoms with Crippen molar-refractivity contribution < 1.29 is 4.21 Å². The van der Waals surface area contributed by atoms with Gasteiger partial charge in [-0.15, -0.1) is 0 Å². The Labute approximate surface area is 141 Å². The van der Waals surface area contributed by atoms with Gasteiger partial charge in [-0.1, -0.05) is 69.6 Å². The first kappa shape index (κ1) is 16.7. The third-order valence-corrected chi connectivity index (χ3v) is 6.14. The molecule has 0 saturated heterocycles. The van der Waals surface area contributed by atoms with Crippen molar-refractivity contribution in [2.75, 3.05) is 5.75 Å². The Morgan fingerprint density at radius 3 is 2.48 bits per heavy atom. The van der Waals surface area contributed by atoms with Crippen LogP contribution in [0, 0.1) is 0 Å². The van der Waals surface area contributed by atoms with E-state index in [0.29, 0.717) is 5.75 Å². The predicted molar refractivity (Wildman–Crippen MR) is 97.2 cm³/mol. The van der Waals surface area contributed by atoms with Crippen LogP contribution in [0.5, 0.6) is 0 Å². The maximum absolute atomic E-state index is 12.0. The minimum Gasteiger partial charge on any atom is -0.254 e. The fourth-order valence-corrected chi connectivity index (χ4v) is 4.46. The quantitative estimate of drug-likeness (QED) is 0.479. The van der Waals surface area contributed by atoms with Crippen molar-refractivity contribution in [2.45, 2.75) is 10.6 Å². The van der Waals surface area contributed by atoms with E-state index in [1.807, 2.05) is 66.1 Å². The third kappa shape index (κ3) is 6.30. The zero-order chi connectivity index (χ0) is 14.9. The maximum Gasteiger partial charge on any atom is 0.0568 e. The summed E-state index contributed by atoms with van der Waals surface area (Å²) in [7, 11) is 2.45. The van der Waals surface area contributed by atoms with E-state index < -0.39 is 10.8 Å². The lowest BCUT2D eigenvalue weighted by Crippen LogP contribution is -1.93. The molecule has 0 fully saturated rings. The summed E-state index contributed by atoms with van der Waals surface area (Å²) in [4.78, 5) is 0.876. The summed E-state index contributed by atoms with van der Waals surface area (Å²) in [6, 6.07) is 17.4. The summed E-state index contributed by atoms with van der Waals surface area (Å²) >= 11 is 5.84. The molecule has 0 bridgehead atoms. The lowest BCUT2D eigenvalue weighted by Gasteiger charge is -1.99. The predicted octanol–water partition coefficient (Wildman–Crippen LogP) is 5.54. The number of hydrogen-bond acceptors (Lipinski definition) is 3. The van der Waals surface area contributed by atoms with Crippen LogP contribution in [0.1, 0.15) is 5.56 Å². The molecule has 0 saturated carbocycles. The van der Waals surface area contributed by atoms with Gasteiger partial charge in [0.1, 0.15) is 0 Å². The van der Waals surface area contributed by atoms with Crippen LogP contribution in [0.25, 0.3) is 0 Å². The van der Waals surface area contributed by atoms with Gasteiger partial charge in [0.25, 0.3) is 0 Å². The van der Waals surface area contributed by atoms with Crippen LogP contribution in [0.3, 0.4) is 0 Å². The lowest BCUT2D eigenvalue weighted by atomic mass is 10.2. The van der Waals surface area contributed by atoms with Gasteiger partial charge in [-0.3, -0.25) is 4.21 Å². The molecule has 5 heteroatoms. The van der Waals surface area contributed by atoms with Crippen LogP contribution in [0.4, 0.5) is 0 Å². The van der Waals surface area contributed by atoms with Gasteiger partial charge in [-0.05, 0) is 35.2 Å². The largest absolute Gasteiger partial charge is 0.254 e. The van der Waals surface area contributed by atoms with Crippen molar-refractivity contribution in [3.63, 3.8) is 0 Å². The molecule has 0 aliphatic heterocycles. The van der Waals surface area contributed by atoms with Gasteiger partial charge >= 0.3 is 0 Å². The van der Waals surface area contributed by atoms with Gasteiger partial charge in [0.2, 0.25) is 0 Å². The molecular formula is C16H15ClOS3. The van der Waals surface area contributed by atoms with E-state index in [4.69, 9.17) is 11.6 Å². The summed E-state index contributed by atoms with van der Waals surface area (Å²) < 4.78 is 12.0. The number of benzene rings is 2. The molecule has 0 heterocycles. The first-order valence-corrected chi connectivity index (χ1v) is 10.4. The van der Waals surface area contributed by atoms with E-state index in [0.717, 1.165) is 15.7 Å². The van der Waals surface area contributed by atoms with Crippen LogP contribution < -0.4 is 0 Å². The van der Waals surface area contributed by atoms with Crippen LogP contribution in [-0.4, -0.2) is 9.96 Å². The van der Waals surface area contributed by atoms with Gasteiger partial charge < -0.3 is 0 Å². The van der Waals surface area contributed by atoms with E-state index in [-0.39, 0.29) is 0 Å². The third-order valence-electron chi connectivity index (χ3n) is 2.61. The second kappa shape index (κ2) is 9.36. The minimum atomic E-state index is -0.952. The van der Waals surface area contributed by atoms with E-state index in [9.17, 15) is 4.21 Å². The van der Waals surface area contributed by atoms with Crippen LogP contribution in [-0.2, 0) is 16.6 Å². The molecule has 2 rings (SSSR count). The summed E-state index contributed by atoms with van der Waals surface area (Å²) in [6.07, 6.45) is 1.96. The van der Waals surface area contributed by atoms with Crippen LogP contribution in [0.15, 0.2) is 71.0 Å². The normalized spacial score (nSPS) is 12.6. The SMILES string of the molecule is O=S(C/C=C\SSCc1ccc(Cl)cc1)c1ccccc1. The Morgan fingerprint density at radius 2 is 1.76 bits per heavy atom. The highest BCUT2D eigenvalue weighted by Crippen LogP contribution is 2.27. The van der Waals surface area contributed by atoms with E-state index in [1.165, 1.54) is 5.56 Å². The molecule has 0 aliphatic rings. The molecule has 110 valence electrons. The number of rotatable bonds is 7. The topological polar surface area (TPSA) is 17.1 Å². The molecule has 2 aromatic rings. The summed E-state index contributed by atoms with van der Waals surface area (Å²) in [5.74, 6) is 1.48. The molecule has 0 spiro atoms. The van der Waals surface area contributed by atoms with Gasteiger partial charge in [0.15, 0.2) is 0 Å². The molecule has 2 aromatic carbocycles. The Balaban J connectivity index is 1.67. The molecule has 0 aromatic heterocycles. The highest BCUT2D eigenvalue weighted by atomic mass is 35.5. The van der Waals surface area contributed by atoms with Crippen molar-refractivity contribution in [1.82, 2.24) is 0 Å². The van der Waals surface area contributed by atoms with Crippen molar-refractivity contribution in [1.29, 1.82) is 0 Å².